The maximum atomic E-state index is 12.2. The molecular weight excluding hydrogens is 200 g/mol. The number of hydrogen-bond donors (Lipinski definition) is 0. The number of ketones is 1. The number of Topliss-reactive ketones (excluding diaryl/α,β-unsaturated/α-hetero) is 1. The van der Waals surface area contributed by atoms with Gasteiger partial charge in [-0.2, -0.15) is 0 Å². The molecule has 0 amide bonds. The quantitative estimate of drug-likeness (QED) is 0.683. The molecule has 2 aliphatic carbocycles. The van der Waals surface area contributed by atoms with Gasteiger partial charge >= 0.3 is 0 Å². The van der Waals surface area contributed by atoms with E-state index in [4.69, 9.17) is 4.74 Å². The highest BCUT2D eigenvalue weighted by Gasteiger charge is 2.40. The lowest BCUT2D eigenvalue weighted by atomic mass is 9.74. The molecule has 16 heavy (non-hydrogen) atoms. The molecule has 0 spiro atoms. The van der Waals surface area contributed by atoms with Gasteiger partial charge in [-0.05, 0) is 32.1 Å². The molecule has 2 rings (SSSR count). The van der Waals surface area contributed by atoms with Gasteiger partial charge in [-0.1, -0.05) is 25.7 Å². The zero-order valence-corrected chi connectivity index (χ0v) is 10.5. The monoisotopic (exact) mass is 224 g/mol. The lowest BCUT2D eigenvalue weighted by Crippen LogP contribution is -2.42. The topological polar surface area (TPSA) is 26.3 Å². The molecule has 0 aromatic rings. The van der Waals surface area contributed by atoms with Crippen molar-refractivity contribution in [1.82, 2.24) is 0 Å². The molecule has 2 nitrogen and oxygen atoms in total. The van der Waals surface area contributed by atoms with Crippen LogP contribution in [-0.2, 0) is 9.53 Å². The van der Waals surface area contributed by atoms with Crippen molar-refractivity contribution in [3.63, 3.8) is 0 Å². The van der Waals surface area contributed by atoms with Crippen LogP contribution < -0.4 is 0 Å². The summed E-state index contributed by atoms with van der Waals surface area (Å²) in [4.78, 5) is 12.2. The molecule has 0 atom stereocenters. The Balaban J connectivity index is 1.86. The number of hydrogen-bond acceptors (Lipinski definition) is 2. The Morgan fingerprint density at radius 3 is 2.19 bits per heavy atom. The Morgan fingerprint density at radius 1 is 1.12 bits per heavy atom. The van der Waals surface area contributed by atoms with E-state index in [9.17, 15) is 4.79 Å². The highest BCUT2D eigenvalue weighted by atomic mass is 16.5. The van der Waals surface area contributed by atoms with Crippen molar-refractivity contribution in [1.29, 1.82) is 0 Å². The van der Waals surface area contributed by atoms with Crippen LogP contribution in [0, 0.1) is 5.92 Å². The van der Waals surface area contributed by atoms with Gasteiger partial charge < -0.3 is 4.74 Å². The van der Waals surface area contributed by atoms with Crippen LogP contribution in [-0.4, -0.2) is 18.5 Å². The van der Waals surface area contributed by atoms with Gasteiger partial charge in [-0.15, -0.1) is 0 Å². The standard InChI is InChI=1S/C14H24O2/c1-16-14(9-6-10-14)11-13(15)12-7-4-2-3-5-8-12/h12H,2-11H2,1H3. The van der Waals surface area contributed by atoms with Gasteiger partial charge in [-0.25, -0.2) is 0 Å². The minimum Gasteiger partial charge on any atom is -0.378 e. The SMILES string of the molecule is COC1(CC(=O)C2CCCCCC2)CCC1. The molecule has 0 bridgehead atoms. The summed E-state index contributed by atoms with van der Waals surface area (Å²) < 4.78 is 5.55. The Labute approximate surface area is 98.7 Å². The van der Waals surface area contributed by atoms with Crippen molar-refractivity contribution in [2.45, 2.75) is 69.8 Å². The van der Waals surface area contributed by atoms with Crippen LogP contribution in [0.5, 0.6) is 0 Å². The normalized spacial score (nSPS) is 25.8. The molecule has 0 N–H and O–H groups in total. The molecule has 2 saturated carbocycles. The third-order valence-electron chi connectivity index (χ3n) is 4.50. The van der Waals surface area contributed by atoms with Gasteiger partial charge in [-0.3, -0.25) is 4.79 Å². The van der Waals surface area contributed by atoms with Crippen LogP contribution in [0.3, 0.4) is 0 Å². The van der Waals surface area contributed by atoms with Crippen molar-refractivity contribution in [2.75, 3.05) is 7.11 Å². The Morgan fingerprint density at radius 2 is 1.75 bits per heavy atom. The first kappa shape index (κ1) is 12.1. The molecule has 2 aliphatic rings. The maximum Gasteiger partial charge on any atom is 0.138 e. The van der Waals surface area contributed by atoms with Crippen molar-refractivity contribution < 1.29 is 9.53 Å². The van der Waals surface area contributed by atoms with Crippen LogP contribution in [0.4, 0.5) is 0 Å². The second-order valence-electron chi connectivity index (χ2n) is 5.57. The summed E-state index contributed by atoms with van der Waals surface area (Å²) >= 11 is 0. The van der Waals surface area contributed by atoms with E-state index < -0.39 is 0 Å². The van der Waals surface area contributed by atoms with Crippen LogP contribution in [0.25, 0.3) is 0 Å². The van der Waals surface area contributed by atoms with E-state index in [1.54, 1.807) is 7.11 Å². The number of carbonyl (C=O) groups is 1. The van der Waals surface area contributed by atoms with Gasteiger partial charge in [0, 0.05) is 19.4 Å². The van der Waals surface area contributed by atoms with E-state index in [2.05, 4.69) is 0 Å². The predicted octanol–water partition coefficient (Wildman–Crippen LogP) is 3.49. The number of methoxy groups -OCH3 is 1. The van der Waals surface area contributed by atoms with Gasteiger partial charge in [0.05, 0.1) is 5.60 Å². The Kier molecular flexibility index (Phi) is 4.01. The summed E-state index contributed by atoms with van der Waals surface area (Å²) in [6.45, 7) is 0. The fraction of sp³-hybridized carbons (Fsp3) is 0.929. The number of ether oxygens (including phenoxy) is 1. The average Bonchev–Trinajstić information content (AvgIpc) is 2.51. The smallest absolute Gasteiger partial charge is 0.138 e. The molecule has 0 radical (unpaired) electrons. The molecule has 0 heterocycles. The lowest BCUT2D eigenvalue weighted by Gasteiger charge is -2.40. The third-order valence-corrected chi connectivity index (χ3v) is 4.50. The average molecular weight is 224 g/mol. The summed E-state index contributed by atoms with van der Waals surface area (Å²) in [6.07, 6.45) is 11.5. The van der Waals surface area contributed by atoms with Crippen LogP contribution in [0.2, 0.25) is 0 Å². The summed E-state index contributed by atoms with van der Waals surface area (Å²) in [6, 6.07) is 0. The van der Waals surface area contributed by atoms with Gasteiger partial charge in [0.2, 0.25) is 0 Å². The highest BCUT2D eigenvalue weighted by Crippen LogP contribution is 2.39. The molecule has 2 heteroatoms. The lowest BCUT2D eigenvalue weighted by molar-refractivity contribution is -0.136. The number of rotatable bonds is 4. The summed E-state index contributed by atoms with van der Waals surface area (Å²) in [5, 5.41) is 0. The second-order valence-corrected chi connectivity index (χ2v) is 5.57. The predicted molar refractivity (Wildman–Crippen MR) is 64.4 cm³/mol. The van der Waals surface area contributed by atoms with Crippen molar-refractivity contribution in [3.05, 3.63) is 0 Å². The number of carbonyl (C=O) groups excluding carboxylic acids is 1. The minimum atomic E-state index is -0.0661. The zero-order chi connectivity index (χ0) is 11.4. The first-order valence-corrected chi connectivity index (χ1v) is 6.84. The Hall–Kier alpha value is -0.370. The van der Waals surface area contributed by atoms with E-state index in [0.717, 1.165) is 25.7 Å². The van der Waals surface area contributed by atoms with E-state index in [0.29, 0.717) is 18.1 Å². The first-order chi connectivity index (χ1) is 7.76. The van der Waals surface area contributed by atoms with E-state index >= 15 is 0 Å². The van der Waals surface area contributed by atoms with Crippen LogP contribution in [0.1, 0.15) is 64.2 Å². The fourth-order valence-corrected chi connectivity index (χ4v) is 3.09. The van der Waals surface area contributed by atoms with E-state index in [1.807, 2.05) is 0 Å². The van der Waals surface area contributed by atoms with Gasteiger partial charge in [0.1, 0.15) is 5.78 Å². The molecule has 92 valence electrons. The molecular formula is C14H24O2. The third kappa shape index (κ3) is 2.65. The van der Waals surface area contributed by atoms with Crippen LogP contribution in [0.15, 0.2) is 0 Å². The summed E-state index contributed by atoms with van der Waals surface area (Å²) in [5.74, 6) is 0.818. The van der Waals surface area contributed by atoms with Gasteiger partial charge in [0.25, 0.3) is 0 Å². The second kappa shape index (κ2) is 5.31. The van der Waals surface area contributed by atoms with E-state index in [-0.39, 0.29) is 5.60 Å². The molecule has 0 saturated heterocycles. The van der Waals surface area contributed by atoms with Crippen molar-refractivity contribution in [3.8, 4) is 0 Å². The molecule has 2 fully saturated rings. The van der Waals surface area contributed by atoms with E-state index in [1.165, 1.54) is 32.1 Å². The summed E-state index contributed by atoms with van der Waals surface area (Å²) in [7, 11) is 1.76. The molecule has 0 aromatic carbocycles. The molecule has 0 aromatic heterocycles. The van der Waals surface area contributed by atoms with Crippen molar-refractivity contribution >= 4 is 5.78 Å². The van der Waals surface area contributed by atoms with Crippen LogP contribution >= 0.6 is 0 Å². The molecule has 0 aliphatic heterocycles. The molecule has 0 unspecified atom stereocenters. The minimum absolute atomic E-state index is 0.0661. The highest BCUT2D eigenvalue weighted by molar-refractivity contribution is 5.82. The van der Waals surface area contributed by atoms with Crippen molar-refractivity contribution in [2.24, 2.45) is 5.92 Å². The maximum absolute atomic E-state index is 12.2. The zero-order valence-electron chi connectivity index (χ0n) is 10.5. The fourth-order valence-electron chi connectivity index (χ4n) is 3.09. The largest absolute Gasteiger partial charge is 0.378 e. The summed E-state index contributed by atoms with van der Waals surface area (Å²) in [5.41, 5.74) is -0.0661. The Bertz CT molecular complexity index is 230. The first-order valence-electron chi connectivity index (χ1n) is 6.84. The van der Waals surface area contributed by atoms with Gasteiger partial charge in [0.15, 0.2) is 0 Å².